The maximum absolute atomic E-state index is 4.45. The smallest absolute Gasteiger partial charge is 0.159 e. The normalized spacial score (nSPS) is 10.5. The van der Waals surface area contributed by atoms with Gasteiger partial charge in [0, 0.05) is 17.3 Å². The summed E-state index contributed by atoms with van der Waals surface area (Å²) in [6.45, 7) is 2.16. The van der Waals surface area contributed by atoms with Crippen LogP contribution in [0.1, 0.15) is 19.0 Å². The predicted octanol–water partition coefficient (Wildman–Crippen LogP) is 2.58. The molecule has 2 aromatic rings. The third kappa shape index (κ3) is 1.66. The molecule has 0 amide bonds. The van der Waals surface area contributed by atoms with Gasteiger partial charge in [0.25, 0.3) is 0 Å². The number of fused-ring (bicyclic) bond motifs is 1. The fourth-order valence-electron chi connectivity index (χ4n) is 1.39. The van der Waals surface area contributed by atoms with Gasteiger partial charge in [0.2, 0.25) is 0 Å². The van der Waals surface area contributed by atoms with E-state index in [2.05, 4.69) is 29.0 Å². The molecule has 0 radical (unpaired) electrons. The lowest BCUT2D eigenvalue weighted by molar-refractivity contribution is 0.887. The van der Waals surface area contributed by atoms with Crippen LogP contribution in [0.5, 0.6) is 0 Å². The molecular weight excluding hydrogens is 160 g/mol. The van der Waals surface area contributed by atoms with Crippen molar-refractivity contribution in [2.45, 2.75) is 19.8 Å². The van der Waals surface area contributed by atoms with Gasteiger partial charge in [-0.1, -0.05) is 13.3 Å². The third-order valence-electron chi connectivity index (χ3n) is 2.03. The summed E-state index contributed by atoms with van der Waals surface area (Å²) >= 11 is 0. The average molecular weight is 172 g/mol. The minimum absolute atomic E-state index is 0.855. The predicted molar refractivity (Wildman–Crippen MR) is 53.5 cm³/mol. The first-order chi connectivity index (χ1) is 6.40. The Kier molecular flexibility index (Phi) is 2.21. The van der Waals surface area contributed by atoms with E-state index in [0.717, 1.165) is 29.6 Å². The van der Waals surface area contributed by atoms with Crippen molar-refractivity contribution in [2.24, 2.45) is 0 Å². The summed E-state index contributed by atoms with van der Waals surface area (Å²) in [6.07, 6.45) is 3.95. The van der Waals surface area contributed by atoms with E-state index in [1.165, 1.54) is 0 Å². The average Bonchev–Trinajstić information content (AvgIpc) is 2.18. The Hall–Kier alpha value is -1.44. The van der Waals surface area contributed by atoms with E-state index < -0.39 is 0 Å². The Bertz CT molecular complexity index is 410. The van der Waals surface area contributed by atoms with Crippen molar-refractivity contribution < 1.29 is 0 Å². The lowest BCUT2D eigenvalue weighted by Gasteiger charge is -1.99. The van der Waals surface area contributed by atoms with Gasteiger partial charge in [-0.15, -0.1) is 0 Å². The van der Waals surface area contributed by atoms with Gasteiger partial charge in [-0.2, -0.15) is 0 Å². The highest BCUT2D eigenvalue weighted by atomic mass is 14.8. The first kappa shape index (κ1) is 8.17. The highest BCUT2D eigenvalue weighted by Gasteiger charge is 1.96. The molecule has 2 rings (SSSR count). The molecule has 0 aromatic carbocycles. The molecule has 0 atom stereocenters. The SMILES string of the molecule is CCCc1ccc2cccnc2n1. The van der Waals surface area contributed by atoms with Crippen LogP contribution in [0.4, 0.5) is 0 Å². The van der Waals surface area contributed by atoms with Crippen LogP contribution < -0.4 is 0 Å². The molecular formula is C11H12N2. The molecule has 13 heavy (non-hydrogen) atoms. The van der Waals surface area contributed by atoms with Gasteiger partial charge in [0.1, 0.15) is 0 Å². The van der Waals surface area contributed by atoms with Crippen LogP contribution in [-0.4, -0.2) is 9.97 Å². The zero-order chi connectivity index (χ0) is 9.10. The highest BCUT2D eigenvalue weighted by molar-refractivity contribution is 5.74. The maximum Gasteiger partial charge on any atom is 0.159 e. The fraction of sp³-hybridized carbons (Fsp3) is 0.273. The molecule has 66 valence electrons. The molecule has 0 aliphatic carbocycles. The lowest BCUT2D eigenvalue weighted by Crippen LogP contribution is -1.90. The lowest BCUT2D eigenvalue weighted by atomic mass is 10.2. The van der Waals surface area contributed by atoms with E-state index in [9.17, 15) is 0 Å². The number of nitrogens with zero attached hydrogens (tertiary/aromatic N) is 2. The molecule has 2 aromatic heterocycles. The Morgan fingerprint density at radius 1 is 1.23 bits per heavy atom. The molecule has 0 unspecified atom stereocenters. The molecule has 0 spiro atoms. The van der Waals surface area contributed by atoms with Crippen molar-refractivity contribution >= 4 is 11.0 Å². The second-order valence-corrected chi connectivity index (χ2v) is 3.10. The minimum Gasteiger partial charge on any atom is -0.237 e. The summed E-state index contributed by atoms with van der Waals surface area (Å²) < 4.78 is 0. The van der Waals surface area contributed by atoms with E-state index in [4.69, 9.17) is 0 Å². The Morgan fingerprint density at radius 2 is 2.15 bits per heavy atom. The van der Waals surface area contributed by atoms with Crippen molar-refractivity contribution in [3.05, 3.63) is 36.2 Å². The van der Waals surface area contributed by atoms with E-state index >= 15 is 0 Å². The van der Waals surface area contributed by atoms with Crippen molar-refractivity contribution in [3.63, 3.8) is 0 Å². The molecule has 2 nitrogen and oxygen atoms in total. The maximum atomic E-state index is 4.45. The Balaban J connectivity index is 2.49. The van der Waals surface area contributed by atoms with Crippen LogP contribution in [0, 0.1) is 0 Å². The standard InChI is InChI=1S/C11H12N2/c1-2-4-10-7-6-9-5-3-8-12-11(9)13-10/h3,5-8H,2,4H2,1H3. The van der Waals surface area contributed by atoms with Crippen molar-refractivity contribution in [1.29, 1.82) is 0 Å². The van der Waals surface area contributed by atoms with Crippen LogP contribution in [0.15, 0.2) is 30.5 Å². The highest BCUT2D eigenvalue weighted by Crippen LogP contribution is 2.09. The molecule has 2 heterocycles. The molecule has 0 aliphatic heterocycles. The number of aryl methyl sites for hydroxylation is 1. The van der Waals surface area contributed by atoms with Crippen LogP contribution in [0.25, 0.3) is 11.0 Å². The largest absolute Gasteiger partial charge is 0.237 e. The fourth-order valence-corrected chi connectivity index (χ4v) is 1.39. The second kappa shape index (κ2) is 3.52. The van der Waals surface area contributed by atoms with Gasteiger partial charge >= 0.3 is 0 Å². The monoisotopic (exact) mass is 172 g/mol. The number of hydrogen-bond donors (Lipinski definition) is 0. The quantitative estimate of drug-likeness (QED) is 0.695. The summed E-state index contributed by atoms with van der Waals surface area (Å²) in [5, 5.41) is 1.11. The first-order valence-corrected chi connectivity index (χ1v) is 4.61. The van der Waals surface area contributed by atoms with Crippen molar-refractivity contribution in [1.82, 2.24) is 9.97 Å². The van der Waals surface area contributed by atoms with Gasteiger partial charge < -0.3 is 0 Å². The zero-order valence-electron chi connectivity index (χ0n) is 7.70. The Morgan fingerprint density at radius 3 is 3.00 bits per heavy atom. The first-order valence-electron chi connectivity index (χ1n) is 4.61. The van der Waals surface area contributed by atoms with Gasteiger partial charge in [-0.3, -0.25) is 0 Å². The van der Waals surface area contributed by atoms with Crippen molar-refractivity contribution in [3.8, 4) is 0 Å². The van der Waals surface area contributed by atoms with Crippen LogP contribution in [-0.2, 0) is 6.42 Å². The van der Waals surface area contributed by atoms with Gasteiger partial charge in [0.05, 0.1) is 0 Å². The van der Waals surface area contributed by atoms with E-state index in [1.54, 1.807) is 6.20 Å². The van der Waals surface area contributed by atoms with Crippen LogP contribution >= 0.6 is 0 Å². The number of aromatic nitrogens is 2. The molecule has 0 bridgehead atoms. The van der Waals surface area contributed by atoms with E-state index in [-0.39, 0.29) is 0 Å². The zero-order valence-corrected chi connectivity index (χ0v) is 7.70. The van der Waals surface area contributed by atoms with E-state index in [1.807, 2.05) is 12.1 Å². The topological polar surface area (TPSA) is 25.8 Å². The van der Waals surface area contributed by atoms with Gasteiger partial charge in [-0.05, 0) is 30.7 Å². The summed E-state index contributed by atoms with van der Waals surface area (Å²) in [7, 11) is 0. The Labute approximate surface area is 77.6 Å². The van der Waals surface area contributed by atoms with Gasteiger partial charge in [-0.25, -0.2) is 9.97 Å². The molecule has 0 N–H and O–H groups in total. The summed E-state index contributed by atoms with van der Waals surface area (Å²) in [5.41, 5.74) is 1.99. The third-order valence-corrected chi connectivity index (χ3v) is 2.03. The number of rotatable bonds is 2. The number of pyridine rings is 2. The summed E-state index contributed by atoms with van der Waals surface area (Å²) in [5.74, 6) is 0. The minimum atomic E-state index is 0.855. The number of hydrogen-bond acceptors (Lipinski definition) is 2. The molecule has 0 saturated carbocycles. The summed E-state index contributed by atoms with van der Waals surface area (Å²) in [6, 6.07) is 8.13. The van der Waals surface area contributed by atoms with E-state index in [0.29, 0.717) is 0 Å². The van der Waals surface area contributed by atoms with Crippen LogP contribution in [0.2, 0.25) is 0 Å². The van der Waals surface area contributed by atoms with Crippen LogP contribution in [0.3, 0.4) is 0 Å². The second-order valence-electron chi connectivity index (χ2n) is 3.10. The van der Waals surface area contributed by atoms with Crippen molar-refractivity contribution in [2.75, 3.05) is 0 Å². The molecule has 0 aliphatic rings. The molecule has 2 heteroatoms. The molecule has 0 saturated heterocycles. The summed E-state index contributed by atoms with van der Waals surface area (Å²) in [4.78, 5) is 8.67. The van der Waals surface area contributed by atoms with Gasteiger partial charge in [0.15, 0.2) is 5.65 Å². The molecule has 0 fully saturated rings.